The predicted octanol–water partition coefficient (Wildman–Crippen LogP) is 5.18. The van der Waals surface area contributed by atoms with Crippen LogP contribution in [0.25, 0.3) is 11.0 Å². The van der Waals surface area contributed by atoms with E-state index in [0.717, 1.165) is 29.0 Å². The summed E-state index contributed by atoms with van der Waals surface area (Å²) in [6.45, 7) is 3.12. The second-order valence-electron chi connectivity index (χ2n) is 5.13. The largest absolute Gasteiger partial charge is 0.464 e. The van der Waals surface area contributed by atoms with E-state index in [1.54, 1.807) is 0 Å². The predicted molar refractivity (Wildman–Crippen MR) is 87.8 cm³/mol. The third-order valence-electron chi connectivity index (χ3n) is 3.62. The topological polar surface area (TPSA) is 25.2 Å². The van der Waals surface area contributed by atoms with Crippen molar-refractivity contribution in [1.29, 1.82) is 0 Å². The second kappa shape index (κ2) is 6.33. The van der Waals surface area contributed by atoms with Crippen molar-refractivity contribution >= 4 is 22.6 Å². The van der Waals surface area contributed by atoms with Crippen LogP contribution in [-0.2, 0) is 0 Å². The zero-order valence-electron chi connectivity index (χ0n) is 12.0. The summed E-state index contributed by atoms with van der Waals surface area (Å²) in [5, 5.41) is 5.51. The van der Waals surface area contributed by atoms with Crippen LogP contribution >= 0.6 is 11.6 Å². The van der Waals surface area contributed by atoms with Gasteiger partial charge in [0, 0.05) is 16.0 Å². The SMILES string of the molecule is CCCNC(c1ccc(Cl)cc1)c1coc2ccccc12. The highest BCUT2D eigenvalue weighted by molar-refractivity contribution is 6.30. The lowest BCUT2D eigenvalue weighted by molar-refractivity contribution is 0.572. The van der Waals surface area contributed by atoms with Crippen LogP contribution in [0.15, 0.2) is 59.2 Å². The Morgan fingerprint density at radius 2 is 1.86 bits per heavy atom. The van der Waals surface area contributed by atoms with E-state index in [2.05, 4.69) is 30.4 Å². The highest BCUT2D eigenvalue weighted by Crippen LogP contribution is 2.31. The fraction of sp³-hybridized carbons (Fsp3) is 0.222. The molecule has 3 rings (SSSR count). The first-order valence-electron chi connectivity index (χ1n) is 7.24. The van der Waals surface area contributed by atoms with Crippen LogP contribution in [0.1, 0.15) is 30.5 Å². The van der Waals surface area contributed by atoms with Gasteiger partial charge >= 0.3 is 0 Å². The van der Waals surface area contributed by atoms with Crippen LogP contribution < -0.4 is 5.32 Å². The monoisotopic (exact) mass is 299 g/mol. The number of halogens is 1. The summed E-state index contributed by atoms with van der Waals surface area (Å²) in [4.78, 5) is 0. The maximum atomic E-state index is 6.00. The van der Waals surface area contributed by atoms with Crippen molar-refractivity contribution in [2.45, 2.75) is 19.4 Å². The normalized spacial score (nSPS) is 12.7. The third kappa shape index (κ3) is 2.97. The summed E-state index contributed by atoms with van der Waals surface area (Å²) in [6.07, 6.45) is 2.94. The highest BCUT2D eigenvalue weighted by Gasteiger charge is 2.18. The van der Waals surface area contributed by atoms with Gasteiger partial charge < -0.3 is 9.73 Å². The van der Waals surface area contributed by atoms with Crippen LogP contribution in [0.3, 0.4) is 0 Å². The van der Waals surface area contributed by atoms with Gasteiger partial charge in [0.2, 0.25) is 0 Å². The van der Waals surface area contributed by atoms with E-state index in [4.69, 9.17) is 16.0 Å². The van der Waals surface area contributed by atoms with Gasteiger partial charge in [-0.25, -0.2) is 0 Å². The van der Waals surface area contributed by atoms with Gasteiger partial charge in [0.15, 0.2) is 0 Å². The molecule has 2 aromatic carbocycles. The molecule has 0 aliphatic heterocycles. The van der Waals surface area contributed by atoms with E-state index < -0.39 is 0 Å². The van der Waals surface area contributed by atoms with Gasteiger partial charge in [-0.2, -0.15) is 0 Å². The number of para-hydroxylation sites is 1. The Balaban J connectivity index is 2.04. The lowest BCUT2D eigenvalue weighted by Crippen LogP contribution is -2.22. The molecular formula is C18H18ClNO. The van der Waals surface area contributed by atoms with Gasteiger partial charge in [0.05, 0.1) is 12.3 Å². The quantitative estimate of drug-likeness (QED) is 0.702. The van der Waals surface area contributed by atoms with Gasteiger partial charge in [-0.1, -0.05) is 48.9 Å². The van der Waals surface area contributed by atoms with Crippen LogP contribution in [0.5, 0.6) is 0 Å². The van der Waals surface area contributed by atoms with E-state index in [1.807, 2.05) is 36.6 Å². The summed E-state index contributed by atoms with van der Waals surface area (Å²) >= 11 is 6.00. The summed E-state index contributed by atoms with van der Waals surface area (Å²) in [7, 11) is 0. The first-order valence-corrected chi connectivity index (χ1v) is 7.62. The summed E-state index contributed by atoms with van der Waals surface area (Å²) in [5.41, 5.74) is 3.28. The number of nitrogens with one attached hydrogen (secondary N) is 1. The van der Waals surface area contributed by atoms with Crippen molar-refractivity contribution < 1.29 is 4.42 Å². The third-order valence-corrected chi connectivity index (χ3v) is 3.88. The number of fused-ring (bicyclic) bond motifs is 1. The zero-order valence-corrected chi connectivity index (χ0v) is 12.7. The van der Waals surface area contributed by atoms with Gasteiger partial charge in [0.1, 0.15) is 5.58 Å². The number of hydrogen-bond donors (Lipinski definition) is 1. The molecule has 108 valence electrons. The van der Waals surface area contributed by atoms with E-state index in [1.165, 1.54) is 11.1 Å². The van der Waals surface area contributed by atoms with Crippen molar-refractivity contribution in [1.82, 2.24) is 5.32 Å². The van der Waals surface area contributed by atoms with Crippen LogP contribution in [0.2, 0.25) is 5.02 Å². The maximum absolute atomic E-state index is 6.00. The highest BCUT2D eigenvalue weighted by atomic mass is 35.5. The van der Waals surface area contributed by atoms with Crippen molar-refractivity contribution in [3.63, 3.8) is 0 Å². The van der Waals surface area contributed by atoms with Crippen LogP contribution in [0, 0.1) is 0 Å². The number of rotatable bonds is 5. The van der Waals surface area contributed by atoms with Crippen molar-refractivity contribution in [3.8, 4) is 0 Å². The molecule has 21 heavy (non-hydrogen) atoms. The van der Waals surface area contributed by atoms with Gasteiger partial charge in [-0.3, -0.25) is 0 Å². The van der Waals surface area contributed by atoms with E-state index >= 15 is 0 Å². The minimum Gasteiger partial charge on any atom is -0.464 e. The molecule has 1 atom stereocenters. The van der Waals surface area contributed by atoms with E-state index in [-0.39, 0.29) is 6.04 Å². The van der Waals surface area contributed by atoms with E-state index in [9.17, 15) is 0 Å². The summed E-state index contributed by atoms with van der Waals surface area (Å²) in [5.74, 6) is 0. The van der Waals surface area contributed by atoms with Gasteiger partial charge in [-0.15, -0.1) is 0 Å². The van der Waals surface area contributed by atoms with E-state index in [0.29, 0.717) is 0 Å². The van der Waals surface area contributed by atoms with Crippen molar-refractivity contribution in [2.24, 2.45) is 0 Å². The Bertz CT molecular complexity index is 717. The standard InChI is InChI=1S/C18H18ClNO/c1-2-11-20-18(13-7-9-14(19)10-8-13)16-12-21-17-6-4-3-5-15(16)17/h3-10,12,18,20H,2,11H2,1H3. The molecule has 0 amide bonds. The van der Waals surface area contributed by atoms with Crippen molar-refractivity contribution in [3.05, 3.63) is 70.9 Å². The van der Waals surface area contributed by atoms with Crippen LogP contribution in [-0.4, -0.2) is 6.54 Å². The zero-order chi connectivity index (χ0) is 14.7. The second-order valence-corrected chi connectivity index (χ2v) is 5.56. The Morgan fingerprint density at radius 3 is 2.62 bits per heavy atom. The van der Waals surface area contributed by atoms with Crippen molar-refractivity contribution in [2.75, 3.05) is 6.54 Å². The molecule has 0 aliphatic carbocycles. The first kappa shape index (κ1) is 14.2. The molecule has 0 bridgehead atoms. The molecule has 1 heterocycles. The minimum absolute atomic E-state index is 0.117. The summed E-state index contributed by atoms with van der Waals surface area (Å²) in [6, 6.07) is 16.2. The minimum atomic E-state index is 0.117. The fourth-order valence-electron chi connectivity index (χ4n) is 2.57. The Morgan fingerprint density at radius 1 is 1.10 bits per heavy atom. The molecule has 0 radical (unpaired) electrons. The molecule has 1 aromatic heterocycles. The molecule has 1 N–H and O–H groups in total. The lowest BCUT2D eigenvalue weighted by Gasteiger charge is -2.18. The molecular weight excluding hydrogens is 282 g/mol. The summed E-state index contributed by atoms with van der Waals surface area (Å²) < 4.78 is 5.69. The molecule has 0 aliphatic rings. The molecule has 0 fully saturated rings. The first-order chi connectivity index (χ1) is 10.3. The van der Waals surface area contributed by atoms with Crippen LogP contribution in [0.4, 0.5) is 0 Å². The fourth-order valence-corrected chi connectivity index (χ4v) is 2.70. The Hall–Kier alpha value is -1.77. The molecule has 3 heteroatoms. The number of furan rings is 1. The average molecular weight is 300 g/mol. The lowest BCUT2D eigenvalue weighted by atomic mass is 9.98. The molecule has 0 saturated carbocycles. The Labute approximate surface area is 129 Å². The van der Waals surface area contributed by atoms with Gasteiger partial charge in [0.25, 0.3) is 0 Å². The van der Waals surface area contributed by atoms with Gasteiger partial charge in [-0.05, 0) is 36.7 Å². The molecule has 2 nitrogen and oxygen atoms in total. The maximum Gasteiger partial charge on any atom is 0.134 e. The molecule has 0 saturated heterocycles. The number of hydrogen-bond acceptors (Lipinski definition) is 2. The molecule has 1 unspecified atom stereocenters. The Kier molecular flexibility index (Phi) is 4.28. The molecule has 3 aromatic rings. The molecule has 0 spiro atoms. The number of benzene rings is 2. The average Bonchev–Trinajstić information content (AvgIpc) is 2.93. The smallest absolute Gasteiger partial charge is 0.134 e.